The molecular weight excluding hydrogens is 220 g/mol. The Labute approximate surface area is 109 Å². The van der Waals surface area contributed by atoms with Crippen LogP contribution in [-0.2, 0) is 6.42 Å². The van der Waals surface area contributed by atoms with E-state index in [-0.39, 0.29) is 0 Å². The molecule has 2 heteroatoms. The summed E-state index contributed by atoms with van der Waals surface area (Å²) in [5, 5.41) is 0. The average molecular weight is 240 g/mol. The Bertz CT molecular complexity index is 491. The van der Waals surface area contributed by atoms with Gasteiger partial charge in [-0.1, -0.05) is 32.9 Å². The molecule has 0 N–H and O–H groups in total. The van der Waals surface area contributed by atoms with Crippen molar-refractivity contribution in [2.45, 2.75) is 39.0 Å². The molecule has 1 atom stereocenters. The zero-order valence-electron chi connectivity index (χ0n) is 11.3. The Kier molecular flexibility index (Phi) is 4.08. The van der Waals surface area contributed by atoms with Crippen LogP contribution in [0.3, 0.4) is 0 Å². The van der Waals surface area contributed by atoms with Gasteiger partial charge in [0.15, 0.2) is 0 Å². The first kappa shape index (κ1) is 12.7. The van der Waals surface area contributed by atoms with Crippen molar-refractivity contribution in [3.8, 4) is 0 Å². The van der Waals surface area contributed by atoms with Gasteiger partial charge in [-0.15, -0.1) is 0 Å². The van der Waals surface area contributed by atoms with Crippen LogP contribution >= 0.6 is 0 Å². The molecule has 0 aliphatic heterocycles. The lowest BCUT2D eigenvalue weighted by molar-refractivity contribution is 0.721. The summed E-state index contributed by atoms with van der Waals surface area (Å²) in [5.41, 5.74) is 3.61. The minimum Gasteiger partial charge on any atom is -0.264 e. The second-order valence-electron chi connectivity index (χ2n) is 5.10. The number of nitrogens with zero attached hydrogens (tertiary/aromatic N) is 2. The van der Waals surface area contributed by atoms with Crippen LogP contribution in [0.25, 0.3) is 0 Å². The van der Waals surface area contributed by atoms with Gasteiger partial charge in [0.25, 0.3) is 0 Å². The van der Waals surface area contributed by atoms with E-state index in [9.17, 15) is 0 Å². The van der Waals surface area contributed by atoms with E-state index in [1.54, 1.807) is 0 Å². The van der Waals surface area contributed by atoms with Gasteiger partial charge >= 0.3 is 0 Å². The highest BCUT2D eigenvalue weighted by Gasteiger charge is 2.09. The Morgan fingerprint density at radius 1 is 1.06 bits per heavy atom. The fourth-order valence-corrected chi connectivity index (χ4v) is 2.03. The summed E-state index contributed by atoms with van der Waals surface area (Å²) >= 11 is 0. The summed E-state index contributed by atoms with van der Waals surface area (Å²) < 4.78 is 0. The fourth-order valence-electron chi connectivity index (χ4n) is 2.03. The van der Waals surface area contributed by atoms with Gasteiger partial charge in [-0.2, -0.15) is 0 Å². The summed E-state index contributed by atoms with van der Waals surface area (Å²) in [6.07, 6.45) is 4.72. The van der Waals surface area contributed by atoms with Crippen molar-refractivity contribution in [1.29, 1.82) is 0 Å². The first-order valence-corrected chi connectivity index (χ1v) is 6.52. The van der Waals surface area contributed by atoms with Crippen molar-refractivity contribution < 1.29 is 0 Å². The van der Waals surface area contributed by atoms with E-state index < -0.39 is 0 Å². The molecule has 94 valence electrons. The highest BCUT2D eigenvalue weighted by molar-refractivity contribution is 5.19. The maximum Gasteiger partial charge on any atom is 0.0432 e. The van der Waals surface area contributed by atoms with Crippen LogP contribution < -0.4 is 0 Å². The number of hydrogen-bond acceptors (Lipinski definition) is 2. The molecule has 0 aliphatic rings. The SMILES string of the molecule is CC(C)c1cccc(CC(C)c2cccnc2)n1. The van der Waals surface area contributed by atoms with Crippen LogP contribution in [-0.4, -0.2) is 9.97 Å². The van der Waals surface area contributed by atoms with Gasteiger partial charge in [0.2, 0.25) is 0 Å². The average Bonchev–Trinajstić information content (AvgIpc) is 2.40. The lowest BCUT2D eigenvalue weighted by Gasteiger charge is -2.12. The van der Waals surface area contributed by atoms with Crippen molar-refractivity contribution in [3.05, 3.63) is 59.7 Å². The van der Waals surface area contributed by atoms with Crippen molar-refractivity contribution in [1.82, 2.24) is 9.97 Å². The van der Waals surface area contributed by atoms with Crippen molar-refractivity contribution >= 4 is 0 Å². The molecule has 2 rings (SSSR count). The molecule has 2 aromatic heterocycles. The summed E-state index contributed by atoms with van der Waals surface area (Å²) in [4.78, 5) is 8.89. The van der Waals surface area contributed by atoms with E-state index in [0.29, 0.717) is 11.8 Å². The van der Waals surface area contributed by atoms with Crippen molar-refractivity contribution in [2.24, 2.45) is 0 Å². The number of pyridine rings is 2. The van der Waals surface area contributed by atoms with Gasteiger partial charge < -0.3 is 0 Å². The molecule has 18 heavy (non-hydrogen) atoms. The van der Waals surface area contributed by atoms with Gasteiger partial charge in [-0.25, -0.2) is 0 Å². The van der Waals surface area contributed by atoms with Crippen LogP contribution in [0.4, 0.5) is 0 Å². The molecule has 0 spiro atoms. The van der Waals surface area contributed by atoms with Gasteiger partial charge in [-0.05, 0) is 42.0 Å². The predicted molar refractivity (Wildman–Crippen MR) is 74.7 cm³/mol. The lowest BCUT2D eigenvalue weighted by Crippen LogP contribution is -2.03. The van der Waals surface area contributed by atoms with Gasteiger partial charge in [0.05, 0.1) is 0 Å². The monoisotopic (exact) mass is 240 g/mol. The molecule has 2 aromatic rings. The van der Waals surface area contributed by atoms with Crippen LogP contribution in [0.2, 0.25) is 0 Å². The smallest absolute Gasteiger partial charge is 0.0432 e. The first-order chi connectivity index (χ1) is 8.66. The molecule has 1 unspecified atom stereocenters. The highest BCUT2D eigenvalue weighted by atomic mass is 14.7. The van der Waals surface area contributed by atoms with Gasteiger partial charge in [0.1, 0.15) is 0 Å². The second-order valence-corrected chi connectivity index (χ2v) is 5.10. The molecule has 0 radical (unpaired) electrons. The standard InChI is InChI=1S/C16H20N2/c1-12(2)16-8-4-7-15(18-16)10-13(3)14-6-5-9-17-11-14/h4-9,11-13H,10H2,1-3H3. The normalized spacial score (nSPS) is 12.7. The van der Waals surface area contributed by atoms with Gasteiger partial charge in [-0.3, -0.25) is 9.97 Å². The Balaban J connectivity index is 2.12. The summed E-state index contributed by atoms with van der Waals surface area (Å²) in [6.45, 7) is 6.58. The van der Waals surface area contributed by atoms with E-state index in [2.05, 4.69) is 50.0 Å². The Morgan fingerprint density at radius 2 is 1.89 bits per heavy atom. The van der Waals surface area contributed by atoms with Crippen molar-refractivity contribution in [3.63, 3.8) is 0 Å². The molecule has 2 heterocycles. The first-order valence-electron chi connectivity index (χ1n) is 6.52. The minimum atomic E-state index is 0.452. The second kappa shape index (κ2) is 5.76. The Hall–Kier alpha value is -1.70. The molecule has 0 aromatic carbocycles. The predicted octanol–water partition coefficient (Wildman–Crippen LogP) is 3.95. The topological polar surface area (TPSA) is 25.8 Å². The van der Waals surface area contributed by atoms with E-state index in [1.165, 1.54) is 11.3 Å². The quantitative estimate of drug-likeness (QED) is 0.808. The lowest BCUT2D eigenvalue weighted by atomic mass is 9.97. The third-order valence-electron chi connectivity index (χ3n) is 3.19. The third kappa shape index (κ3) is 3.16. The Morgan fingerprint density at radius 3 is 2.56 bits per heavy atom. The van der Waals surface area contributed by atoms with Gasteiger partial charge in [0, 0.05) is 23.8 Å². The molecule has 0 saturated heterocycles. The summed E-state index contributed by atoms with van der Waals surface area (Å²) in [5.74, 6) is 0.937. The highest BCUT2D eigenvalue weighted by Crippen LogP contribution is 2.19. The largest absolute Gasteiger partial charge is 0.264 e. The van der Waals surface area contributed by atoms with E-state index in [1.807, 2.05) is 18.5 Å². The van der Waals surface area contributed by atoms with Crippen LogP contribution in [0.15, 0.2) is 42.7 Å². The summed E-state index contributed by atoms with van der Waals surface area (Å²) in [6, 6.07) is 10.4. The van der Waals surface area contributed by atoms with Crippen LogP contribution in [0.1, 0.15) is 49.6 Å². The molecular formula is C16H20N2. The molecule has 0 saturated carbocycles. The van der Waals surface area contributed by atoms with E-state index in [4.69, 9.17) is 4.98 Å². The molecule has 2 nitrogen and oxygen atoms in total. The van der Waals surface area contributed by atoms with E-state index >= 15 is 0 Å². The molecule has 0 fully saturated rings. The minimum absolute atomic E-state index is 0.452. The van der Waals surface area contributed by atoms with E-state index in [0.717, 1.165) is 12.1 Å². The maximum absolute atomic E-state index is 4.72. The number of aromatic nitrogens is 2. The third-order valence-corrected chi connectivity index (χ3v) is 3.19. The van der Waals surface area contributed by atoms with Crippen LogP contribution in [0.5, 0.6) is 0 Å². The number of rotatable bonds is 4. The molecule has 0 amide bonds. The fraction of sp³-hybridized carbons (Fsp3) is 0.375. The molecule has 0 bridgehead atoms. The molecule has 0 aliphatic carbocycles. The zero-order valence-corrected chi connectivity index (χ0v) is 11.3. The maximum atomic E-state index is 4.72. The zero-order chi connectivity index (χ0) is 13.0. The van der Waals surface area contributed by atoms with Crippen molar-refractivity contribution in [2.75, 3.05) is 0 Å². The number of hydrogen-bond donors (Lipinski definition) is 0. The van der Waals surface area contributed by atoms with Crippen LogP contribution in [0, 0.1) is 0 Å². The summed E-state index contributed by atoms with van der Waals surface area (Å²) in [7, 11) is 0.